The lowest BCUT2D eigenvalue weighted by Crippen LogP contribution is -2.22. The minimum atomic E-state index is -1.01. The van der Waals surface area contributed by atoms with Gasteiger partial charge in [-0.3, -0.25) is 9.36 Å². The van der Waals surface area contributed by atoms with Gasteiger partial charge in [0, 0.05) is 37.1 Å². The number of rotatable bonds is 8. The number of unbranched alkanes of at least 4 members (excludes halogenated alkanes) is 1. The predicted molar refractivity (Wildman–Crippen MR) is 149 cm³/mol. The molecule has 0 bridgehead atoms. The minimum Gasteiger partial charge on any atom is -0.465 e. The first-order valence-electron chi connectivity index (χ1n) is 11.7. The summed E-state index contributed by atoms with van der Waals surface area (Å²) >= 11 is 7.43. The van der Waals surface area contributed by atoms with Crippen molar-refractivity contribution in [1.82, 2.24) is 24.4 Å². The van der Waals surface area contributed by atoms with Crippen molar-refractivity contribution in [2.45, 2.75) is 19.4 Å². The lowest BCUT2D eigenvalue weighted by molar-refractivity contribution is 0.194. The molecule has 0 aliphatic heterocycles. The van der Waals surface area contributed by atoms with Crippen LogP contribution in [0.1, 0.15) is 12.8 Å². The molecule has 2 aromatic carbocycles. The van der Waals surface area contributed by atoms with Crippen molar-refractivity contribution in [3.05, 3.63) is 70.2 Å². The van der Waals surface area contributed by atoms with Crippen LogP contribution in [-0.2, 0) is 6.54 Å². The zero-order valence-corrected chi connectivity index (χ0v) is 21.9. The standard InChI is InChI=1S/C26H25ClN6O3S/c1-31(2)25-30-19-13-18(9-10-21(19)32(25)12-4-3-11-28-26(35)36)33-15-29-20-14-22(37-23(20)24(33)34)16-5-7-17(27)8-6-16/h5-10,13-15,28H,3-4,11-12H2,1-2H3,(H,35,36). The number of carboxylic acid groups (broad SMARTS) is 1. The molecule has 5 aromatic rings. The number of carbonyl (C=O) groups is 1. The molecule has 0 radical (unpaired) electrons. The molecular formula is C26H25ClN6O3S. The lowest BCUT2D eigenvalue weighted by atomic mass is 10.2. The van der Waals surface area contributed by atoms with Crippen LogP contribution >= 0.6 is 22.9 Å². The molecule has 0 aliphatic rings. The SMILES string of the molecule is CN(C)c1nc2cc(-n3cnc4cc(-c5ccc(Cl)cc5)sc4c3=O)ccc2n1CCCCNC(=O)O. The molecule has 3 heterocycles. The fourth-order valence-electron chi connectivity index (χ4n) is 4.26. The van der Waals surface area contributed by atoms with E-state index in [1.165, 1.54) is 11.3 Å². The first kappa shape index (κ1) is 24.8. The Bertz CT molecular complexity index is 1660. The summed E-state index contributed by atoms with van der Waals surface area (Å²) in [5.74, 6) is 0.796. The van der Waals surface area contributed by atoms with Crippen LogP contribution in [0.3, 0.4) is 0 Å². The average Bonchev–Trinajstić information content (AvgIpc) is 3.46. The second-order valence-corrected chi connectivity index (χ2v) is 10.3. The van der Waals surface area contributed by atoms with Crippen LogP contribution < -0.4 is 15.8 Å². The Balaban J connectivity index is 1.47. The summed E-state index contributed by atoms with van der Waals surface area (Å²) in [6, 6.07) is 15.2. The highest BCUT2D eigenvalue weighted by molar-refractivity contribution is 7.22. The van der Waals surface area contributed by atoms with Crippen LogP contribution in [0.2, 0.25) is 5.02 Å². The number of hydrogen-bond acceptors (Lipinski definition) is 6. The van der Waals surface area contributed by atoms with E-state index in [2.05, 4.69) is 14.9 Å². The minimum absolute atomic E-state index is 0.132. The Labute approximate surface area is 221 Å². The molecule has 37 heavy (non-hydrogen) atoms. The summed E-state index contributed by atoms with van der Waals surface area (Å²) in [7, 11) is 3.87. The lowest BCUT2D eigenvalue weighted by Gasteiger charge is -2.15. The number of aryl methyl sites for hydroxylation is 1. The number of amides is 1. The van der Waals surface area contributed by atoms with Gasteiger partial charge in [0.1, 0.15) is 11.0 Å². The Morgan fingerprint density at radius 2 is 1.89 bits per heavy atom. The van der Waals surface area contributed by atoms with E-state index in [0.29, 0.717) is 34.0 Å². The molecule has 0 unspecified atom stereocenters. The molecule has 5 rings (SSSR count). The third-order valence-electron chi connectivity index (χ3n) is 6.04. The fourth-order valence-corrected chi connectivity index (χ4v) is 5.43. The largest absolute Gasteiger partial charge is 0.465 e. The van der Waals surface area contributed by atoms with E-state index in [1.54, 1.807) is 10.9 Å². The highest BCUT2D eigenvalue weighted by Gasteiger charge is 2.16. The molecule has 190 valence electrons. The maximum atomic E-state index is 13.4. The van der Waals surface area contributed by atoms with Crippen LogP contribution in [0.25, 0.3) is 37.4 Å². The third kappa shape index (κ3) is 5.03. The summed E-state index contributed by atoms with van der Waals surface area (Å²) in [5.41, 5.74) is 3.92. The van der Waals surface area contributed by atoms with Gasteiger partial charge in [0.2, 0.25) is 5.95 Å². The van der Waals surface area contributed by atoms with E-state index < -0.39 is 6.09 Å². The van der Waals surface area contributed by atoms with E-state index in [-0.39, 0.29) is 5.56 Å². The molecule has 0 saturated heterocycles. The van der Waals surface area contributed by atoms with E-state index in [0.717, 1.165) is 40.3 Å². The number of fused-ring (bicyclic) bond motifs is 2. The van der Waals surface area contributed by atoms with E-state index in [9.17, 15) is 9.59 Å². The normalized spacial score (nSPS) is 11.3. The van der Waals surface area contributed by atoms with Gasteiger partial charge in [0.25, 0.3) is 5.56 Å². The molecule has 0 atom stereocenters. The number of imidazole rings is 1. The van der Waals surface area contributed by atoms with Gasteiger partial charge in [0.05, 0.1) is 22.2 Å². The molecule has 11 heteroatoms. The van der Waals surface area contributed by atoms with Crippen molar-refractivity contribution in [3.8, 4) is 16.1 Å². The quantitative estimate of drug-likeness (QED) is 0.263. The van der Waals surface area contributed by atoms with Crippen molar-refractivity contribution in [3.63, 3.8) is 0 Å². The topological polar surface area (TPSA) is 105 Å². The molecule has 1 amide bonds. The molecule has 0 fully saturated rings. The summed E-state index contributed by atoms with van der Waals surface area (Å²) in [6.07, 6.45) is 2.06. The summed E-state index contributed by atoms with van der Waals surface area (Å²) in [5, 5.41) is 11.8. The Morgan fingerprint density at radius 3 is 2.62 bits per heavy atom. The smallest absolute Gasteiger partial charge is 0.404 e. The van der Waals surface area contributed by atoms with Crippen LogP contribution in [-0.4, -0.2) is 50.9 Å². The molecule has 0 aliphatic carbocycles. The van der Waals surface area contributed by atoms with Gasteiger partial charge in [0.15, 0.2) is 0 Å². The van der Waals surface area contributed by atoms with Gasteiger partial charge < -0.3 is 19.9 Å². The summed E-state index contributed by atoms with van der Waals surface area (Å²) in [4.78, 5) is 36.3. The van der Waals surface area contributed by atoms with Gasteiger partial charge in [-0.2, -0.15) is 0 Å². The number of aromatic nitrogens is 4. The number of thiophene rings is 1. The number of hydrogen-bond donors (Lipinski definition) is 2. The molecule has 3 aromatic heterocycles. The molecular weight excluding hydrogens is 512 g/mol. The van der Waals surface area contributed by atoms with E-state index in [4.69, 9.17) is 21.7 Å². The second-order valence-electron chi connectivity index (χ2n) is 8.82. The number of halogens is 1. The van der Waals surface area contributed by atoms with Gasteiger partial charge >= 0.3 is 6.09 Å². The first-order chi connectivity index (χ1) is 17.8. The Kier molecular flexibility index (Phi) is 6.86. The zero-order valence-electron chi connectivity index (χ0n) is 20.3. The highest BCUT2D eigenvalue weighted by Crippen LogP contribution is 2.32. The van der Waals surface area contributed by atoms with E-state index >= 15 is 0 Å². The van der Waals surface area contributed by atoms with Gasteiger partial charge in [-0.05, 0) is 54.8 Å². The van der Waals surface area contributed by atoms with Crippen molar-refractivity contribution >= 4 is 56.2 Å². The Morgan fingerprint density at radius 1 is 1.11 bits per heavy atom. The molecule has 9 nitrogen and oxygen atoms in total. The second kappa shape index (κ2) is 10.2. The first-order valence-corrected chi connectivity index (χ1v) is 12.9. The average molecular weight is 537 g/mol. The van der Waals surface area contributed by atoms with Gasteiger partial charge in [-0.15, -0.1) is 11.3 Å². The number of nitrogens with one attached hydrogen (secondary N) is 1. The van der Waals surface area contributed by atoms with Crippen molar-refractivity contribution in [1.29, 1.82) is 0 Å². The summed E-state index contributed by atoms with van der Waals surface area (Å²) in [6.45, 7) is 1.10. The van der Waals surface area contributed by atoms with Crippen molar-refractivity contribution in [2.75, 3.05) is 25.5 Å². The van der Waals surface area contributed by atoms with Gasteiger partial charge in [-0.25, -0.2) is 14.8 Å². The maximum absolute atomic E-state index is 13.4. The predicted octanol–water partition coefficient (Wildman–Crippen LogP) is 5.23. The van der Waals surface area contributed by atoms with Crippen LogP contribution in [0, 0.1) is 0 Å². The van der Waals surface area contributed by atoms with Crippen molar-refractivity contribution in [2.24, 2.45) is 0 Å². The van der Waals surface area contributed by atoms with Crippen molar-refractivity contribution < 1.29 is 9.90 Å². The van der Waals surface area contributed by atoms with Crippen LogP contribution in [0.4, 0.5) is 10.7 Å². The van der Waals surface area contributed by atoms with E-state index in [1.807, 2.05) is 67.5 Å². The third-order valence-corrected chi connectivity index (χ3v) is 7.45. The van der Waals surface area contributed by atoms with Crippen LogP contribution in [0.5, 0.6) is 0 Å². The van der Waals surface area contributed by atoms with Gasteiger partial charge in [-0.1, -0.05) is 23.7 Å². The maximum Gasteiger partial charge on any atom is 0.404 e. The van der Waals surface area contributed by atoms with Crippen LogP contribution in [0.15, 0.2) is 59.7 Å². The fraction of sp³-hybridized carbons (Fsp3) is 0.231. The Hall–Kier alpha value is -3.89. The highest BCUT2D eigenvalue weighted by atomic mass is 35.5. The molecule has 0 spiro atoms. The number of nitrogens with zero attached hydrogens (tertiary/aromatic N) is 5. The number of benzene rings is 2. The number of anilines is 1. The molecule has 2 N–H and O–H groups in total. The summed E-state index contributed by atoms with van der Waals surface area (Å²) < 4.78 is 4.25. The molecule has 0 saturated carbocycles. The zero-order chi connectivity index (χ0) is 26.1. The monoisotopic (exact) mass is 536 g/mol.